The van der Waals surface area contributed by atoms with Gasteiger partial charge in [-0.25, -0.2) is 4.79 Å². The molecule has 0 aliphatic rings. The van der Waals surface area contributed by atoms with Crippen molar-refractivity contribution in [2.45, 2.75) is 20.8 Å². The van der Waals surface area contributed by atoms with E-state index in [-0.39, 0.29) is 5.71 Å². The van der Waals surface area contributed by atoms with Gasteiger partial charge in [-0.05, 0) is 31.9 Å². The van der Waals surface area contributed by atoms with Crippen molar-refractivity contribution < 1.29 is 9.53 Å². The highest BCUT2D eigenvalue weighted by atomic mass is 16.5. The minimum absolute atomic E-state index is 0.0625. The number of carbonyl (C=O) groups is 1. The number of hydrogen-bond donors (Lipinski definition) is 1. The number of aryl methyl sites for hydroxylation is 2. The van der Waals surface area contributed by atoms with Crippen molar-refractivity contribution in [3.05, 3.63) is 34.9 Å². The Hall–Kier alpha value is -1.64. The summed E-state index contributed by atoms with van der Waals surface area (Å²) < 4.78 is 4.80. The molecule has 0 bridgehead atoms. The van der Waals surface area contributed by atoms with Gasteiger partial charge in [-0.1, -0.05) is 18.2 Å². The molecule has 1 aromatic rings. The highest BCUT2D eigenvalue weighted by molar-refractivity contribution is 6.42. The largest absolute Gasteiger partial charge is 0.461 e. The Morgan fingerprint density at radius 2 is 1.87 bits per heavy atom. The van der Waals surface area contributed by atoms with E-state index >= 15 is 0 Å². The number of rotatable bonds is 3. The normalized spacial score (nSPS) is 9.80. The fourth-order valence-corrected chi connectivity index (χ4v) is 1.51. The lowest BCUT2D eigenvalue weighted by Gasteiger charge is -2.09. The predicted octanol–water partition coefficient (Wildman–Crippen LogP) is 2.23. The fourth-order valence-electron chi connectivity index (χ4n) is 1.51. The van der Waals surface area contributed by atoms with Gasteiger partial charge in [0.1, 0.15) is 5.71 Å². The second-order valence-electron chi connectivity index (χ2n) is 3.36. The molecule has 0 saturated heterocycles. The van der Waals surface area contributed by atoms with Crippen LogP contribution in [0.4, 0.5) is 0 Å². The van der Waals surface area contributed by atoms with Crippen LogP contribution >= 0.6 is 0 Å². The maximum absolute atomic E-state index is 11.4. The molecule has 1 N–H and O–H groups in total. The molecule has 0 radical (unpaired) electrons. The van der Waals surface area contributed by atoms with Crippen molar-refractivity contribution in [2.24, 2.45) is 0 Å². The molecule has 80 valence electrons. The molecule has 0 atom stereocenters. The lowest BCUT2D eigenvalue weighted by molar-refractivity contribution is -0.135. The third-order valence-electron chi connectivity index (χ3n) is 2.21. The van der Waals surface area contributed by atoms with Crippen molar-refractivity contribution in [3.8, 4) is 0 Å². The van der Waals surface area contributed by atoms with Gasteiger partial charge in [0, 0.05) is 5.56 Å². The summed E-state index contributed by atoms with van der Waals surface area (Å²) in [5.74, 6) is -0.560. The summed E-state index contributed by atoms with van der Waals surface area (Å²) in [5.41, 5.74) is 2.46. The molecule has 0 aliphatic heterocycles. The molecule has 15 heavy (non-hydrogen) atoms. The van der Waals surface area contributed by atoms with Crippen molar-refractivity contribution >= 4 is 11.7 Å². The molecule has 0 amide bonds. The summed E-state index contributed by atoms with van der Waals surface area (Å²) in [4.78, 5) is 11.4. The number of hydrogen-bond acceptors (Lipinski definition) is 3. The molecule has 3 nitrogen and oxygen atoms in total. The number of ether oxygens (including phenoxy) is 1. The Balaban J connectivity index is 3.06. The third-order valence-corrected chi connectivity index (χ3v) is 2.21. The number of nitrogens with one attached hydrogen (secondary N) is 1. The maximum atomic E-state index is 11.4. The van der Waals surface area contributed by atoms with Gasteiger partial charge in [-0.3, -0.25) is 5.41 Å². The first kappa shape index (κ1) is 11.4. The lowest BCUT2D eigenvalue weighted by atomic mass is 9.99. The highest BCUT2D eigenvalue weighted by Crippen LogP contribution is 2.14. The van der Waals surface area contributed by atoms with Crippen LogP contribution in [0, 0.1) is 19.3 Å². The molecule has 0 unspecified atom stereocenters. The number of esters is 1. The van der Waals surface area contributed by atoms with Crippen molar-refractivity contribution in [1.82, 2.24) is 0 Å². The van der Waals surface area contributed by atoms with E-state index in [4.69, 9.17) is 10.1 Å². The Morgan fingerprint density at radius 3 is 2.33 bits per heavy atom. The van der Waals surface area contributed by atoms with E-state index in [1.807, 2.05) is 32.0 Å². The molecule has 0 fully saturated rings. The molecule has 0 spiro atoms. The molecule has 1 rings (SSSR count). The van der Waals surface area contributed by atoms with E-state index in [0.29, 0.717) is 12.2 Å². The van der Waals surface area contributed by atoms with Crippen molar-refractivity contribution in [1.29, 1.82) is 5.41 Å². The zero-order chi connectivity index (χ0) is 11.4. The monoisotopic (exact) mass is 205 g/mol. The van der Waals surface area contributed by atoms with Crippen LogP contribution in [0.1, 0.15) is 23.6 Å². The van der Waals surface area contributed by atoms with Crippen LogP contribution in [0.15, 0.2) is 18.2 Å². The first-order valence-electron chi connectivity index (χ1n) is 4.90. The van der Waals surface area contributed by atoms with Crippen LogP contribution in [0.5, 0.6) is 0 Å². The molecule has 0 heterocycles. The summed E-state index contributed by atoms with van der Waals surface area (Å²) in [5, 5.41) is 7.75. The zero-order valence-corrected chi connectivity index (χ0v) is 9.26. The fraction of sp³-hybridized carbons (Fsp3) is 0.333. The molecule has 0 aromatic heterocycles. The van der Waals surface area contributed by atoms with Gasteiger partial charge in [0.25, 0.3) is 0 Å². The Labute approximate surface area is 89.6 Å². The molecule has 1 aromatic carbocycles. The zero-order valence-electron chi connectivity index (χ0n) is 9.26. The summed E-state index contributed by atoms with van der Waals surface area (Å²) in [7, 11) is 0. The maximum Gasteiger partial charge on any atom is 0.356 e. The van der Waals surface area contributed by atoms with Crippen LogP contribution in [0.3, 0.4) is 0 Å². The standard InChI is InChI=1S/C12H15NO2/c1-4-15-12(14)11(13)10-8(2)6-5-7-9(10)3/h5-7,13H,4H2,1-3H3. The second kappa shape index (κ2) is 4.73. The number of carbonyl (C=O) groups excluding carboxylic acids is 1. The van der Waals surface area contributed by atoms with Gasteiger partial charge in [-0.15, -0.1) is 0 Å². The molecular weight excluding hydrogens is 190 g/mol. The second-order valence-corrected chi connectivity index (χ2v) is 3.36. The van der Waals surface area contributed by atoms with Gasteiger partial charge >= 0.3 is 5.97 Å². The van der Waals surface area contributed by atoms with E-state index < -0.39 is 5.97 Å². The Kier molecular flexibility index (Phi) is 3.61. The minimum atomic E-state index is -0.560. The smallest absolute Gasteiger partial charge is 0.356 e. The van der Waals surface area contributed by atoms with Crippen LogP contribution < -0.4 is 0 Å². The predicted molar refractivity (Wildman–Crippen MR) is 59.4 cm³/mol. The van der Waals surface area contributed by atoms with Gasteiger partial charge in [-0.2, -0.15) is 0 Å². The van der Waals surface area contributed by atoms with Crippen LogP contribution in [-0.2, 0) is 9.53 Å². The number of benzene rings is 1. The Morgan fingerprint density at radius 1 is 1.33 bits per heavy atom. The molecule has 3 heteroatoms. The summed E-state index contributed by atoms with van der Waals surface area (Å²) in [6.45, 7) is 5.80. The van der Waals surface area contributed by atoms with E-state index in [1.54, 1.807) is 6.92 Å². The first-order chi connectivity index (χ1) is 7.07. The van der Waals surface area contributed by atoms with Gasteiger partial charge in [0.15, 0.2) is 0 Å². The van der Waals surface area contributed by atoms with Gasteiger partial charge in [0.05, 0.1) is 6.61 Å². The van der Waals surface area contributed by atoms with Gasteiger partial charge in [0.2, 0.25) is 0 Å². The Bertz CT molecular complexity index is 376. The lowest BCUT2D eigenvalue weighted by Crippen LogP contribution is -2.19. The van der Waals surface area contributed by atoms with E-state index in [2.05, 4.69) is 0 Å². The summed E-state index contributed by atoms with van der Waals surface area (Å²) >= 11 is 0. The quantitative estimate of drug-likeness (QED) is 0.607. The first-order valence-corrected chi connectivity index (χ1v) is 4.90. The highest BCUT2D eigenvalue weighted by Gasteiger charge is 2.16. The molecular formula is C12H15NO2. The van der Waals surface area contributed by atoms with Crippen molar-refractivity contribution in [3.63, 3.8) is 0 Å². The third kappa shape index (κ3) is 2.43. The van der Waals surface area contributed by atoms with E-state index in [9.17, 15) is 4.79 Å². The SMILES string of the molecule is CCOC(=O)C(=N)c1c(C)cccc1C. The van der Waals surface area contributed by atoms with Crippen molar-refractivity contribution in [2.75, 3.05) is 6.61 Å². The van der Waals surface area contributed by atoms with Gasteiger partial charge < -0.3 is 4.74 Å². The van der Waals surface area contributed by atoms with E-state index in [0.717, 1.165) is 11.1 Å². The van der Waals surface area contributed by atoms with Crippen LogP contribution in [0.25, 0.3) is 0 Å². The summed E-state index contributed by atoms with van der Waals surface area (Å²) in [6.07, 6.45) is 0. The van der Waals surface area contributed by atoms with E-state index in [1.165, 1.54) is 0 Å². The topological polar surface area (TPSA) is 50.2 Å². The minimum Gasteiger partial charge on any atom is -0.461 e. The van der Waals surface area contributed by atoms with Crippen LogP contribution in [-0.4, -0.2) is 18.3 Å². The summed E-state index contributed by atoms with van der Waals surface area (Å²) in [6, 6.07) is 5.68. The average Bonchev–Trinajstić information content (AvgIpc) is 2.17. The molecule has 0 saturated carbocycles. The molecule has 0 aliphatic carbocycles. The average molecular weight is 205 g/mol. The van der Waals surface area contributed by atoms with Crippen LogP contribution in [0.2, 0.25) is 0 Å².